The van der Waals surface area contributed by atoms with Crippen LogP contribution in [0.5, 0.6) is 0 Å². The van der Waals surface area contributed by atoms with Gasteiger partial charge in [-0.25, -0.2) is 4.39 Å². The van der Waals surface area contributed by atoms with Gasteiger partial charge in [-0.3, -0.25) is 19.3 Å². The Morgan fingerprint density at radius 1 is 1.14 bits per heavy atom. The van der Waals surface area contributed by atoms with Crippen LogP contribution in [0.2, 0.25) is 0 Å². The lowest BCUT2D eigenvalue weighted by molar-refractivity contribution is -0.124. The summed E-state index contributed by atoms with van der Waals surface area (Å²) in [5, 5.41) is 2.33. The Kier molecular flexibility index (Phi) is 6.64. The Morgan fingerprint density at radius 2 is 1.86 bits per heavy atom. The number of amides is 3. The third-order valence-electron chi connectivity index (χ3n) is 4.01. The van der Waals surface area contributed by atoms with Gasteiger partial charge >= 0.3 is 0 Å². The normalized spacial score (nSPS) is 15.4. The van der Waals surface area contributed by atoms with E-state index in [9.17, 15) is 18.8 Å². The Bertz CT molecular complexity index is 947. The van der Waals surface area contributed by atoms with Gasteiger partial charge in [-0.05, 0) is 47.2 Å². The van der Waals surface area contributed by atoms with Crippen molar-refractivity contribution < 1.29 is 18.8 Å². The molecule has 1 N–H and O–H groups in total. The first-order valence-corrected chi connectivity index (χ1v) is 10.1. The molecule has 0 atom stereocenters. The molecule has 5 nitrogen and oxygen atoms in total. The summed E-state index contributed by atoms with van der Waals surface area (Å²) in [7, 11) is 0. The fourth-order valence-electron chi connectivity index (χ4n) is 2.59. The Labute approximate surface area is 174 Å². The van der Waals surface area contributed by atoms with Crippen LogP contribution in [-0.4, -0.2) is 35.0 Å². The van der Waals surface area contributed by atoms with E-state index >= 15 is 0 Å². The lowest BCUT2D eigenvalue weighted by atomic mass is 10.1. The highest BCUT2D eigenvalue weighted by atomic mass is 79.9. The van der Waals surface area contributed by atoms with Crippen molar-refractivity contribution >= 4 is 50.8 Å². The van der Waals surface area contributed by atoms with Crippen molar-refractivity contribution in [3.05, 3.63) is 74.9 Å². The van der Waals surface area contributed by atoms with Gasteiger partial charge in [0.15, 0.2) is 0 Å². The number of benzene rings is 2. The largest absolute Gasteiger partial charge is 0.354 e. The highest BCUT2D eigenvalue weighted by molar-refractivity contribution is 9.10. The Balaban J connectivity index is 1.54. The minimum Gasteiger partial charge on any atom is -0.354 e. The first-order valence-electron chi connectivity index (χ1n) is 8.45. The minimum absolute atomic E-state index is 0.0904. The standard InChI is InChI=1S/C20H16BrFN2O3S/c21-16-4-2-1-3-14(16)12-18(25)23-9-10-24-19(26)17(28-20(24)27)11-13-5-7-15(22)8-6-13/h1-8,11H,9-10,12H2,(H,23,25). The summed E-state index contributed by atoms with van der Waals surface area (Å²) in [6, 6.07) is 13.1. The van der Waals surface area contributed by atoms with Gasteiger partial charge in [-0.1, -0.05) is 46.3 Å². The van der Waals surface area contributed by atoms with Crippen LogP contribution < -0.4 is 5.32 Å². The van der Waals surface area contributed by atoms with Crippen LogP contribution in [0.4, 0.5) is 9.18 Å². The maximum atomic E-state index is 13.0. The highest BCUT2D eigenvalue weighted by Gasteiger charge is 2.34. The average molecular weight is 463 g/mol. The molecule has 3 rings (SSSR count). The second-order valence-corrected chi connectivity index (χ2v) is 7.85. The van der Waals surface area contributed by atoms with E-state index in [0.29, 0.717) is 5.56 Å². The van der Waals surface area contributed by atoms with E-state index in [1.165, 1.54) is 24.3 Å². The number of halogens is 2. The first-order chi connectivity index (χ1) is 13.4. The van der Waals surface area contributed by atoms with Gasteiger partial charge in [0.25, 0.3) is 11.1 Å². The number of carbonyl (C=O) groups is 3. The van der Waals surface area contributed by atoms with Gasteiger partial charge in [-0.15, -0.1) is 0 Å². The average Bonchev–Trinajstić information content (AvgIpc) is 2.93. The van der Waals surface area contributed by atoms with Crippen LogP contribution in [0.3, 0.4) is 0 Å². The molecule has 0 aromatic heterocycles. The van der Waals surface area contributed by atoms with Crippen LogP contribution >= 0.6 is 27.7 Å². The van der Waals surface area contributed by atoms with Crippen molar-refractivity contribution in [1.29, 1.82) is 0 Å². The molecule has 0 spiro atoms. The molecule has 1 saturated heterocycles. The molecular weight excluding hydrogens is 447 g/mol. The highest BCUT2D eigenvalue weighted by Crippen LogP contribution is 2.31. The fraction of sp³-hybridized carbons (Fsp3) is 0.150. The third kappa shape index (κ3) is 5.08. The Hall–Kier alpha value is -2.45. The van der Waals surface area contributed by atoms with E-state index in [-0.39, 0.29) is 36.1 Å². The number of carbonyl (C=O) groups excluding carboxylic acids is 3. The summed E-state index contributed by atoms with van der Waals surface area (Å²) in [5.41, 5.74) is 1.49. The minimum atomic E-state index is -0.417. The molecule has 0 bridgehead atoms. The van der Waals surface area contributed by atoms with Gasteiger partial charge < -0.3 is 5.32 Å². The Morgan fingerprint density at radius 3 is 2.57 bits per heavy atom. The maximum absolute atomic E-state index is 13.0. The molecule has 28 heavy (non-hydrogen) atoms. The molecule has 1 heterocycles. The zero-order chi connectivity index (χ0) is 20.1. The van der Waals surface area contributed by atoms with E-state index in [1.54, 1.807) is 6.08 Å². The predicted octanol–water partition coefficient (Wildman–Crippen LogP) is 3.98. The van der Waals surface area contributed by atoms with Gasteiger partial charge in [0, 0.05) is 17.6 Å². The molecule has 0 saturated carbocycles. The molecule has 1 aliphatic rings. The van der Waals surface area contributed by atoms with Crippen LogP contribution in [0.1, 0.15) is 11.1 Å². The summed E-state index contributed by atoms with van der Waals surface area (Å²) in [5.74, 6) is -0.983. The molecule has 0 radical (unpaired) electrons. The monoisotopic (exact) mass is 462 g/mol. The van der Waals surface area contributed by atoms with Gasteiger partial charge in [-0.2, -0.15) is 0 Å². The van der Waals surface area contributed by atoms with Crippen LogP contribution in [-0.2, 0) is 16.0 Å². The van der Waals surface area contributed by atoms with E-state index in [0.717, 1.165) is 26.7 Å². The molecular formula is C20H16BrFN2O3S. The molecule has 2 aromatic carbocycles. The second-order valence-electron chi connectivity index (χ2n) is 6.00. The van der Waals surface area contributed by atoms with Crippen LogP contribution in [0.15, 0.2) is 57.9 Å². The zero-order valence-electron chi connectivity index (χ0n) is 14.7. The summed E-state index contributed by atoms with van der Waals surface area (Å²) < 4.78 is 13.8. The van der Waals surface area contributed by atoms with E-state index in [4.69, 9.17) is 0 Å². The lowest BCUT2D eigenvalue weighted by Gasteiger charge is -2.13. The number of hydrogen-bond donors (Lipinski definition) is 1. The van der Waals surface area contributed by atoms with Crippen molar-refractivity contribution in [2.75, 3.05) is 13.1 Å². The number of nitrogens with zero attached hydrogens (tertiary/aromatic N) is 1. The molecule has 3 amide bonds. The number of nitrogens with one attached hydrogen (secondary N) is 1. The van der Waals surface area contributed by atoms with Gasteiger partial charge in [0.2, 0.25) is 5.91 Å². The molecule has 8 heteroatoms. The number of thioether (sulfide) groups is 1. The number of hydrogen-bond acceptors (Lipinski definition) is 4. The molecule has 0 unspecified atom stereocenters. The molecule has 0 aliphatic carbocycles. The van der Waals surface area contributed by atoms with Crippen molar-refractivity contribution in [1.82, 2.24) is 10.2 Å². The summed E-state index contributed by atoms with van der Waals surface area (Å²) >= 11 is 4.22. The topological polar surface area (TPSA) is 66.5 Å². The second kappa shape index (κ2) is 9.16. The number of rotatable bonds is 6. The van der Waals surface area contributed by atoms with Gasteiger partial charge in [0.05, 0.1) is 11.3 Å². The molecule has 1 fully saturated rings. The lowest BCUT2D eigenvalue weighted by Crippen LogP contribution is -2.37. The molecule has 2 aromatic rings. The van der Waals surface area contributed by atoms with Crippen LogP contribution in [0, 0.1) is 5.82 Å². The smallest absolute Gasteiger partial charge is 0.293 e. The SMILES string of the molecule is O=C(Cc1ccccc1Br)NCCN1C(=O)SC(=Cc2ccc(F)cc2)C1=O. The van der Waals surface area contributed by atoms with Crippen molar-refractivity contribution in [2.24, 2.45) is 0 Å². The molecule has 144 valence electrons. The summed E-state index contributed by atoms with van der Waals surface area (Å²) in [6.45, 7) is 0.262. The predicted molar refractivity (Wildman–Crippen MR) is 110 cm³/mol. The van der Waals surface area contributed by atoms with Crippen LogP contribution in [0.25, 0.3) is 6.08 Å². The van der Waals surface area contributed by atoms with E-state index in [1.807, 2.05) is 24.3 Å². The quantitative estimate of drug-likeness (QED) is 0.659. The maximum Gasteiger partial charge on any atom is 0.293 e. The summed E-state index contributed by atoms with van der Waals surface area (Å²) in [6.07, 6.45) is 1.75. The third-order valence-corrected chi connectivity index (χ3v) is 5.69. The fourth-order valence-corrected chi connectivity index (χ4v) is 3.88. The summed E-state index contributed by atoms with van der Waals surface area (Å²) in [4.78, 5) is 38.0. The van der Waals surface area contributed by atoms with Crippen molar-refractivity contribution in [3.63, 3.8) is 0 Å². The zero-order valence-corrected chi connectivity index (χ0v) is 17.1. The molecule has 1 aliphatic heterocycles. The van der Waals surface area contributed by atoms with E-state index < -0.39 is 11.1 Å². The van der Waals surface area contributed by atoms with E-state index in [2.05, 4.69) is 21.2 Å². The first kappa shape index (κ1) is 20.3. The van der Waals surface area contributed by atoms with Crippen molar-refractivity contribution in [3.8, 4) is 0 Å². The van der Waals surface area contributed by atoms with Crippen molar-refractivity contribution in [2.45, 2.75) is 6.42 Å². The van der Waals surface area contributed by atoms with Gasteiger partial charge in [0.1, 0.15) is 5.82 Å². The number of imide groups is 1.